The summed E-state index contributed by atoms with van der Waals surface area (Å²) in [4.78, 5) is 0. The second-order valence-electron chi connectivity index (χ2n) is 2.91. The molecular weight excluding hydrogens is 233 g/mol. The molecule has 0 aliphatic heterocycles. The number of hydrogen-bond donors (Lipinski definition) is 1. The molecule has 5 heteroatoms. The van der Waals surface area contributed by atoms with E-state index in [1.165, 1.54) is 7.11 Å². The number of rotatable bonds is 4. The van der Waals surface area contributed by atoms with Crippen LogP contribution in [0.25, 0.3) is 5.57 Å². The smallest absolute Gasteiger partial charge is 0.161 e. The Kier molecular flexibility index (Phi) is 6.53. The van der Waals surface area contributed by atoms with E-state index in [0.717, 1.165) is 0 Å². The molecule has 0 aromatic heterocycles. The Morgan fingerprint density at radius 3 is 2.38 bits per heavy atom. The summed E-state index contributed by atoms with van der Waals surface area (Å²) < 4.78 is 22.6. The maximum absolute atomic E-state index is 12.4. The van der Waals surface area contributed by atoms with Crippen molar-refractivity contribution in [2.75, 3.05) is 20.8 Å². The highest BCUT2D eigenvalue weighted by molar-refractivity contribution is 5.85. The molecule has 0 fully saturated rings. The first-order valence-corrected chi connectivity index (χ1v) is 4.48. The lowest BCUT2D eigenvalue weighted by Crippen LogP contribution is -2.02. The quantitative estimate of drug-likeness (QED) is 0.889. The number of halogens is 2. The van der Waals surface area contributed by atoms with Gasteiger partial charge in [-0.2, -0.15) is 0 Å². The third-order valence-corrected chi connectivity index (χ3v) is 2.11. The van der Waals surface area contributed by atoms with Crippen LogP contribution in [0.4, 0.5) is 4.39 Å². The molecule has 0 amide bonds. The van der Waals surface area contributed by atoms with Gasteiger partial charge in [0.1, 0.15) is 0 Å². The van der Waals surface area contributed by atoms with Gasteiger partial charge in [-0.1, -0.05) is 6.07 Å². The fourth-order valence-electron chi connectivity index (χ4n) is 1.26. The van der Waals surface area contributed by atoms with Gasteiger partial charge >= 0.3 is 0 Å². The van der Waals surface area contributed by atoms with Gasteiger partial charge in [0.05, 0.1) is 20.5 Å². The van der Waals surface area contributed by atoms with Crippen LogP contribution in [0.15, 0.2) is 24.5 Å². The number of methoxy groups -OCH3 is 2. The van der Waals surface area contributed by atoms with Gasteiger partial charge in [0, 0.05) is 12.1 Å². The van der Waals surface area contributed by atoms with Gasteiger partial charge in [0.15, 0.2) is 11.5 Å². The lowest BCUT2D eigenvalue weighted by Gasteiger charge is -2.10. The van der Waals surface area contributed by atoms with Gasteiger partial charge in [-0.05, 0) is 17.7 Å². The van der Waals surface area contributed by atoms with Crippen LogP contribution in [0.2, 0.25) is 0 Å². The van der Waals surface area contributed by atoms with Crippen LogP contribution in [-0.4, -0.2) is 20.8 Å². The molecule has 0 aliphatic rings. The number of nitrogens with two attached hydrogens (primary N) is 1. The Balaban J connectivity index is 0.00000225. The molecule has 0 atom stereocenters. The summed E-state index contributed by atoms with van der Waals surface area (Å²) >= 11 is 0. The molecule has 0 spiro atoms. The highest BCUT2D eigenvalue weighted by Crippen LogP contribution is 2.30. The van der Waals surface area contributed by atoms with E-state index in [0.29, 0.717) is 29.0 Å². The predicted molar refractivity (Wildman–Crippen MR) is 64.9 cm³/mol. The highest BCUT2D eigenvalue weighted by Gasteiger charge is 2.06. The van der Waals surface area contributed by atoms with Crippen molar-refractivity contribution in [2.24, 2.45) is 5.73 Å². The monoisotopic (exact) mass is 247 g/mol. The Labute approximate surface area is 100 Å². The lowest BCUT2D eigenvalue weighted by molar-refractivity contribution is 0.355. The van der Waals surface area contributed by atoms with Crippen LogP contribution in [0.1, 0.15) is 5.56 Å². The third-order valence-electron chi connectivity index (χ3n) is 2.11. The van der Waals surface area contributed by atoms with Gasteiger partial charge in [0.25, 0.3) is 0 Å². The van der Waals surface area contributed by atoms with E-state index >= 15 is 0 Å². The van der Waals surface area contributed by atoms with Crippen molar-refractivity contribution < 1.29 is 13.9 Å². The minimum absolute atomic E-state index is 0. The number of hydrogen-bond acceptors (Lipinski definition) is 3. The molecule has 3 nitrogen and oxygen atoms in total. The van der Waals surface area contributed by atoms with Crippen molar-refractivity contribution in [3.05, 3.63) is 30.1 Å². The largest absolute Gasteiger partial charge is 0.493 e. The fourth-order valence-corrected chi connectivity index (χ4v) is 1.26. The molecule has 16 heavy (non-hydrogen) atoms. The molecule has 1 rings (SSSR count). The van der Waals surface area contributed by atoms with Crippen molar-refractivity contribution in [3.63, 3.8) is 0 Å². The second kappa shape index (κ2) is 7.09. The van der Waals surface area contributed by atoms with Crippen molar-refractivity contribution >= 4 is 18.0 Å². The summed E-state index contributed by atoms with van der Waals surface area (Å²) in [6.45, 7) is 0.145. The molecule has 0 saturated carbocycles. The molecule has 1 aromatic rings. The van der Waals surface area contributed by atoms with Crippen LogP contribution in [0.3, 0.4) is 0 Å². The van der Waals surface area contributed by atoms with E-state index in [4.69, 9.17) is 15.2 Å². The molecule has 90 valence electrons. The molecule has 0 bridgehead atoms. The van der Waals surface area contributed by atoms with E-state index in [9.17, 15) is 4.39 Å². The van der Waals surface area contributed by atoms with Gasteiger partial charge in [0.2, 0.25) is 0 Å². The van der Waals surface area contributed by atoms with Crippen molar-refractivity contribution in [1.82, 2.24) is 0 Å². The maximum atomic E-state index is 12.4. The Hall–Kier alpha value is -1.26. The summed E-state index contributed by atoms with van der Waals surface area (Å²) in [5, 5.41) is 0. The summed E-state index contributed by atoms with van der Waals surface area (Å²) in [7, 11) is 3.08. The van der Waals surface area contributed by atoms with E-state index in [1.807, 2.05) is 0 Å². The highest BCUT2D eigenvalue weighted by atomic mass is 35.5. The average molecular weight is 248 g/mol. The Morgan fingerprint density at radius 1 is 1.31 bits per heavy atom. The predicted octanol–water partition coefficient (Wildman–Crippen LogP) is 2.39. The molecular formula is C11H15ClFNO2. The molecule has 0 saturated heterocycles. The Morgan fingerprint density at radius 2 is 1.94 bits per heavy atom. The summed E-state index contributed by atoms with van der Waals surface area (Å²) in [6.07, 6.45) is 0.501. The first kappa shape index (κ1) is 14.7. The van der Waals surface area contributed by atoms with Crippen molar-refractivity contribution in [3.8, 4) is 11.5 Å². The maximum Gasteiger partial charge on any atom is 0.161 e. The van der Waals surface area contributed by atoms with Crippen LogP contribution < -0.4 is 15.2 Å². The zero-order chi connectivity index (χ0) is 11.3. The molecule has 0 unspecified atom stereocenters. The van der Waals surface area contributed by atoms with Crippen molar-refractivity contribution in [1.29, 1.82) is 0 Å². The van der Waals surface area contributed by atoms with E-state index < -0.39 is 0 Å². The SMILES string of the molecule is COc1ccc(/C(=C\F)CN)cc1OC.Cl. The summed E-state index contributed by atoms with van der Waals surface area (Å²) in [5.74, 6) is 1.17. The zero-order valence-electron chi connectivity index (χ0n) is 9.20. The van der Waals surface area contributed by atoms with Crippen LogP contribution in [0, 0.1) is 0 Å². The third kappa shape index (κ3) is 3.12. The van der Waals surface area contributed by atoms with Gasteiger partial charge < -0.3 is 15.2 Å². The number of benzene rings is 1. The van der Waals surface area contributed by atoms with Crippen molar-refractivity contribution in [2.45, 2.75) is 0 Å². The van der Waals surface area contributed by atoms with Gasteiger partial charge in [-0.25, -0.2) is 4.39 Å². The average Bonchev–Trinajstić information content (AvgIpc) is 2.30. The van der Waals surface area contributed by atoms with Gasteiger partial charge in [-0.3, -0.25) is 0 Å². The van der Waals surface area contributed by atoms with E-state index in [1.54, 1.807) is 25.3 Å². The first-order chi connectivity index (χ1) is 7.26. The van der Waals surface area contributed by atoms with Gasteiger partial charge in [-0.15, -0.1) is 12.4 Å². The summed E-state index contributed by atoms with van der Waals surface area (Å²) in [5.41, 5.74) is 6.52. The molecule has 0 radical (unpaired) electrons. The molecule has 2 N–H and O–H groups in total. The lowest BCUT2D eigenvalue weighted by atomic mass is 10.1. The standard InChI is InChI=1S/C11H14FNO2.ClH/c1-14-10-4-3-8(5-11(10)15-2)9(6-12)7-13;/h3-6H,7,13H2,1-2H3;1H/b9-6-;. The van der Waals surface area contributed by atoms with E-state index in [-0.39, 0.29) is 19.0 Å². The topological polar surface area (TPSA) is 44.5 Å². The molecule has 0 aliphatic carbocycles. The molecule has 1 aromatic carbocycles. The van der Waals surface area contributed by atoms with Crippen LogP contribution in [-0.2, 0) is 0 Å². The minimum Gasteiger partial charge on any atom is -0.493 e. The fraction of sp³-hybridized carbons (Fsp3) is 0.273. The summed E-state index contributed by atoms with van der Waals surface area (Å²) in [6, 6.07) is 5.14. The first-order valence-electron chi connectivity index (χ1n) is 4.48. The Bertz CT molecular complexity index is 369. The zero-order valence-corrected chi connectivity index (χ0v) is 10.0. The molecule has 0 heterocycles. The van der Waals surface area contributed by atoms with Crippen LogP contribution in [0.5, 0.6) is 11.5 Å². The number of ether oxygens (including phenoxy) is 2. The second-order valence-corrected chi connectivity index (χ2v) is 2.91. The minimum atomic E-state index is 0. The van der Waals surface area contributed by atoms with Crippen LogP contribution >= 0.6 is 12.4 Å². The van der Waals surface area contributed by atoms with E-state index in [2.05, 4.69) is 0 Å². The normalized spacial score (nSPS) is 10.6.